The Morgan fingerprint density at radius 2 is 1.43 bits per heavy atom. The van der Waals surface area contributed by atoms with Crippen LogP contribution in [-0.4, -0.2) is 65.5 Å². The van der Waals surface area contributed by atoms with E-state index in [2.05, 4.69) is 45.4 Å². The minimum atomic E-state index is 0. The van der Waals surface area contributed by atoms with Crippen LogP contribution >= 0.6 is 12.4 Å². The van der Waals surface area contributed by atoms with E-state index in [0.717, 1.165) is 65.4 Å². The second-order valence-electron chi connectivity index (χ2n) is 12.2. The number of nitrogens with one attached hydrogen (secondary N) is 1. The van der Waals surface area contributed by atoms with Crippen molar-refractivity contribution in [2.75, 3.05) is 50.7 Å². The first-order valence-electron chi connectivity index (χ1n) is 16.2. The summed E-state index contributed by atoms with van der Waals surface area (Å²) in [6.45, 7) is 8.76. The highest BCUT2D eigenvalue weighted by Gasteiger charge is 2.26. The highest BCUT2D eigenvalue weighted by Crippen LogP contribution is 2.39. The van der Waals surface area contributed by atoms with Crippen molar-refractivity contribution < 1.29 is 9.47 Å². The van der Waals surface area contributed by atoms with Gasteiger partial charge in [-0.15, -0.1) is 12.4 Å². The van der Waals surface area contributed by atoms with Gasteiger partial charge in [0.15, 0.2) is 0 Å². The Morgan fingerprint density at radius 3 is 2.13 bits per heavy atom. The van der Waals surface area contributed by atoms with Gasteiger partial charge in [0, 0.05) is 64.3 Å². The fraction of sp³-hybridized carbons (Fsp3) is 0.351. The van der Waals surface area contributed by atoms with Crippen molar-refractivity contribution in [3.63, 3.8) is 0 Å². The summed E-state index contributed by atoms with van der Waals surface area (Å²) in [6.07, 6.45) is 2.44. The molecule has 9 heteroatoms. The predicted octanol–water partition coefficient (Wildman–Crippen LogP) is 6.34. The molecular formula is C37H43ClN6O2. The highest BCUT2D eigenvalue weighted by molar-refractivity contribution is 6.01. The van der Waals surface area contributed by atoms with Crippen LogP contribution in [0.15, 0.2) is 91.0 Å². The standard InChI is InChI=1S/C37H42N6O2.ClH/c1-41-36-31(13-8-14-33(36)43-21-17-28(18-22-43)25-42-23-19-38-20-24-42)35(40-41)32-15-16-34(44-26-29-9-4-2-5-10-29)39-37(32)45-27-30-11-6-3-7-12-30;/h2-16,28,38H,17-27H2,1H3;1H. The van der Waals surface area contributed by atoms with Gasteiger partial charge in [0.05, 0.1) is 16.8 Å². The fourth-order valence-electron chi connectivity index (χ4n) is 6.64. The van der Waals surface area contributed by atoms with Gasteiger partial charge in [-0.1, -0.05) is 72.8 Å². The maximum absolute atomic E-state index is 6.39. The number of piperidine rings is 1. The van der Waals surface area contributed by atoms with E-state index in [-0.39, 0.29) is 12.4 Å². The number of aryl methyl sites for hydroxylation is 1. The number of nitrogens with zero attached hydrogens (tertiary/aromatic N) is 5. The molecule has 0 amide bonds. The summed E-state index contributed by atoms with van der Waals surface area (Å²) < 4.78 is 14.5. The Balaban J connectivity index is 0.00000372. The van der Waals surface area contributed by atoms with Crippen molar-refractivity contribution >= 4 is 29.0 Å². The SMILES string of the molecule is Cl.Cn1nc(-c2ccc(OCc3ccccc3)nc2OCc2ccccc2)c2cccc(N3CCC(CN4CCNCC4)CC3)c21. The molecule has 0 aliphatic carbocycles. The van der Waals surface area contributed by atoms with Crippen LogP contribution in [0.4, 0.5) is 5.69 Å². The molecule has 4 heterocycles. The van der Waals surface area contributed by atoms with Crippen LogP contribution in [0.1, 0.15) is 24.0 Å². The lowest BCUT2D eigenvalue weighted by atomic mass is 9.95. The van der Waals surface area contributed by atoms with Crippen LogP contribution in [0.2, 0.25) is 0 Å². The molecule has 240 valence electrons. The van der Waals surface area contributed by atoms with Crippen LogP contribution < -0.4 is 19.7 Å². The number of hydrogen-bond donors (Lipinski definition) is 1. The summed E-state index contributed by atoms with van der Waals surface area (Å²) in [5, 5.41) is 9.64. The van der Waals surface area contributed by atoms with Crippen molar-refractivity contribution in [3.8, 4) is 23.0 Å². The quantitative estimate of drug-likeness (QED) is 0.192. The summed E-state index contributed by atoms with van der Waals surface area (Å²) in [6, 6.07) is 30.8. The first-order valence-corrected chi connectivity index (χ1v) is 16.2. The molecule has 46 heavy (non-hydrogen) atoms. The number of ether oxygens (including phenoxy) is 2. The smallest absolute Gasteiger partial charge is 0.226 e. The van der Waals surface area contributed by atoms with Crippen LogP contribution in [-0.2, 0) is 20.3 Å². The van der Waals surface area contributed by atoms with Gasteiger partial charge in [-0.05, 0) is 42.0 Å². The molecule has 2 aliphatic heterocycles. The summed E-state index contributed by atoms with van der Waals surface area (Å²) in [5.41, 5.74) is 6.28. The number of halogens is 1. The lowest BCUT2D eigenvalue weighted by molar-refractivity contribution is 0.190. The van der Waals surface area contributed by atoms with E-state index in [1.807, 2.05) is 72.4 Å². The number of piperazine rings is 1. The van der Waals surface area contributed by atoms with E-state index in [1.165, 1.54) is 38.2 Å². The second-order valence-corrected chi connectivity index (χ2v) is 12.2. The Labute approximate surface area is 277 Å². The number of para-hydroxylation sites is 1. The topological polar surface area (TPSA) is 67.7 Å². The number of benzene rings is 3. The summed E-state index contributed by atoms with van der Waals surface area (Å²) in [7, 11) is 2.04. The molecule has 0 atom stereocenters. The van der Waals surface area contributed by atoms with Crippen LogP contribution in [0, 0.1) is 5.92 Å². The minimum absolute atomic E-state index is 0. The molecule has 8 nitrogen and oxygen atoms in total. The summed E-state index contributed by atoms with van der Waals surface area (Å²) in [4.78, 5) is 10.0. The first-order chi connectivity index (χ1) is 22.2. The number of anilines is 1. The minimum Gasteiger partial charge on any atom is -0.473 e. The Kier molecular flexibility index (Phi) is 10.4. The molecule has 0 spiro atoms. The van der Waals surface area contributed by atoms with Gasteiger partial charge in [0.1, 0.15) is 18.9 Å². The van der Waals surface area contributed by atoms with E-state index in [4.69, 9.17) is 19.6 Å². The molecule has 5 aromatic rings. The largest absolute Gasteiger partial charge is 0.473 e. The van der Waals surface area contributed by atoms with Crippen molar-refractivity contribution in [2.45, 2.75) is 26.1 Å². The lowest BCUT2D eigenvalue weighted by Crippen LogP contribution is -2.47. The molecule has 0 radical (unpaired) electrons. The van der Waals surface area contributed by atoms with Crippen LogP contribution in [0.25, 0.3) is 22.2 Å². The van der Waals surface area contributed by atoms with Gasteiger partial charge in [0.2, 0.25) is 11.8 Å². The second kappa shape index (κ2) is 15.0. The molecule has 0 bridgehead atoms. The van der Waals surface area contributed by atoms with Gasteiger partial charge in [-0.25, -0.2) is 0 Å². The number of hydrogen-bond acceptors (Lipinski definition) is 7. The maximum atomic E-state index is 6.39. The third kappa shape index (κ3) is 7.30. The first kappa shape index (κ1) is 31.9. The normalized spacial score (nSPS) is 15.9. The zero-order valence-corrected chi connectivity index (χ0v) is 27.3. The Hall–Kier alpha value is -4.11. The fourth-order valence-corrected chi connectivity index (χ4v) is 6.64. The lowest BCUT2D eigenvalue weighted by Gasteiger charge is -2.37. The zero-order chi connectivity index (χ0) is 30.4. The van der Waals surface area contributed by atoms with Gasteiger partial charge < -0.3 is 24.6 Å². The molecule has 1 N–H and O–H groups in total. The third-order valence-corrected chi connectivity index (χ3v) is 9.06. The van der Waals surface area contributed by atoms with E-state index in [0.29, 0.717) is 25.0 Å². The van der Waals surface area contributed by atoms with Gasteiger partial charge in [-0.2, -0.15) is 10.1 Å². The average molecular weight is 639 g/mol. The molecular weight excluding hydrogens is 596 g/mol. The molecule has 2 aliphatic rings. The zero-order valence-electron chi connectivity index (χ0n) is 26.5. The monoisotopic (exact) mass is 638 g/mol. The van der Waals surface area contributed by atoms with Gasteiger partial charge in [0.25, 0.3) is 0 Å². The molecule has 2 saturated heterocycles. The number of aromatic nitrogens is 3. The van der Waals surface area contributed by atoms with Crippen molar-refractivity contribution in [3.05, 3.63) is 102 Å². The van der Waals surface area contributed by atoms with Gasteiger partial charge >= 0.3 is 0 Å². The predicted molar refractivity (Wildman–Crippen MR) is 187 cm³/mol. The number of rotatable bonds is 10. The molecule has 0 unspecified atom stereocenters. The number of fused-ring (bicyclic) bond motifs is 1. The third-order valence-electron chi connectivity index (χ3n) is 9.06. The van der Waals surface area contributed by atoms with Crippen LogP contribution in [0.5, 0.6) is 11.8 Å². The highest BCUT2D eigenvalue weighted by atomic mass is 35.5. The summed E-state index contributed by atoms with van der Waals surface area (Å²) in [5.74, 6) is 1.80. The van der Waals surface area contributed by atoms with Gasteiger partial charge in [-0.3, -0.25) is 4.68 Å². The molecule has 2 aromatic heterocycles. The number of pyridine rings is 1. The van der Waals surface area contributed by atoms with Crippen molar-refractivity contribution in [1.29, 1.82) is 0 Å². The maximum Gasteiger partial charge on any atom is 0.226 e. The summed E-state index contributed by atoms with van der Waals surface area (Å²) >= 11 is 0. The molecule has 0 saturated carbocycles. The molecule has 2 fully saturated rings. The van der Waals surface area contributed by atoms with Crippen LogP contribution in [0.3, 0.4) is 0 Å². The van der Waals surface area contributed by atoms with E-state index in [1.54, 1.807) is 0 Å². The average Bonchev–Trinajstić information content (AvgIpc) is 3.44. The molecule has 7 rings (SSSR count). The van der Waals surface area contributed by atoms with Crippen molar-refractivity contribution in [1.82, 2.24) is 25.0 Å². The van der Waals surface area contributed by atoms with E-state index >= 15 is 0 Å². The Morgan fingerprint density at radius 1 is 0.761 bits per heavy atom. The van der Waals surface area contributed by atoms with E-state index < -0.39 is 0 Å². The Bertz CT molecular complexity index is 1700. The van der Waals surface area contributed by atoms with E-state index in [9.17, 15) is 0 Å². The van der Waals surface area contributed by atoms with Crippen molar-refractivity contribution in [2.24, 2.45) is 13.0 Å². The molecule has 3 aromatic carbocycles.